The fourth-order valence-corrected chi connectivity index (χ4v) is 1.93. The van der Waals surface area contributed by atoms with Crippen molar-refractivity contribution >= 4 is 27.0 Å². The quantitative estimate of drug-likeness (QED) is 0.821. The van der Waals surface area contributed by atoms with Gasteiger partial charge in [0.1, 0.15) is 5.82 Å². The van der Waals surface area contributed by atoms with E-state index in [0.717, 1.165) is 15.5 Å². The van der Waals surface area contributed by atoms with Gasteiger partial charge in [0.25, 0.3) is 6.43 Å². The van der Waals surface area contributed by atoms with Crippen LogP contribution in [0.15, 0.2) is 22.7 Å². The number of alkyl halides is 2. The Balaban J connectivity index is 2.60. The molecule has 80 valence electrons. The van der Waals surface area contributed by atoms with Crippen LogP contribution < -0.4 is 0 Å². The predicted molar refractivity (Wildman–Crippen MR) is 58.2 cm³/mol. The molecule has 0 aliphatic carbocycles. The lowest BCUT2D eigenvalue weighted by Crippen LogP contribution is -2.07. The number of rotatable bonds is 2. The zero-order valence-corrected chi connectivity index (χ0v) is 9.63. The SMILES string of the molecule is Cc1nc2ccc(Br)cc2n1CC(F)F. The van der Waals surface area contributed by atoms with E-state index in [4.69, 9.17) is 0 Å². The lowest BCUT2D eigenvalue weighted by Gasteiger charge is -2.05. The molecule has 0 fully saturated rings. The Morgan fingerprint density at radius 3 is 2.87 bits per heavy atom. The van der Waals surface area contributed by atoms with E-state index in [1.54, 1.807) is 13.0 Å². The minimum atomic E-state index is -2.36. The maximum Gasteiger partial charge on any atom is 0.256 e. The molecule has 0 N–H and O–H groups in total. The zero-order valence-electron chi connectivity index (χ0n) is 8.04. The van der Waals surface area contributed by atoms with Crippen LogP contribution in [0.2, 0.25) is 0 Å². The molecule has 1 heterocycles. The van der Waals surface area contributed by atoms with Crippen molar-refractivity contribution in [3.8, 4) is 0 Å². The van der Waals surface area contributed by atoms with Crippen LogP contribution >= 0.6 is 15.9 Å². The minimum absolute atomic E-state index is 0.307. The smallest absolute Gasteiger partial charge is 0.256 e. The van der Waals surface area contributed by atoms with E-state index in [1.165, 1.54) is 4.57 Å². The zero-order chi connectivity index (χ0) is 11.0. The van der Waals surface area contributed by atoms with Crippen LogP contribution in [0.3, 0.4) is 0 Å². The number of imidazole rings is 1. The van der Waals surface area contributed by atoms with Crippen molar-refractivity contribution in [1.29, 1.82) is 0 Å². The lowest BCUT2D eigenvalue weighted by molar-refractivity contribution is 0.127. The van der Waals surface area contributed by atoms with Crippen LogP contribution in [0, 0.1) is 6.92 Å². The number of fused-ring (bicyclic) bond motifs is 1. The summed E-state index contributed by atoms with van der Waals surface area (Å²) in [5.74, 6) is 0.614. The molecule has 0 bridgehead atoms. The first kappa shape index (κ1) is 10.5. The van der Waals surface area contributed by atoms with Crippen molar-refractivity contribution in [2.45, 2.75) is 19.9 Å². The highest BCUT2D eigenvalue weighted by atomic mass is 79.9. The summed E-state index contributed by atoms with van der Waals surface area (Å²) in [4.78, 5) is 4.22. The molecule has 0 amide bonds. The predicted octanol–water partition coefficient (Wildman–Crippen LogP) is 3.37. The van der Waals surface area contributed by atoms with E-state index in [9.17, 15) is 8.78 Å². The fourth-order valence-electron chi connectivity index (χ4n) is 1.58. The molecule has 15 heavy (non-hydrogen) atoms. The molecule has 2 aromatic rings. The van der Waals surface area contributed by atoms with Crippen LogP contribution in [0.5, 0.6) is 0 Å². The summed E-state index contributed by atoms with van der Waals surface area (Å²) in [7, 11) is 0. The summed E-state index contributed by atoms with van der Waals surface area (Å²) in [6.07, 6.45) is -2.36. The Bertz CT molecular complexity index is 493. The van der Waals surface area contributed by atoms with E-state index >= 15 is 0 Å². The summed E-state index contributed by atoms with van der Waals surface area (Å²) >= 11 is 3.31. The van der Waals surface area contributed by atoms with Gasteiger partial charge in [-0.3, -0.25) is 0 Å². The largest absolute Gasteiger partial charge is 0.322 e. The molecule has 0 radical (unpaired) electrons. The number of aromatic nitrogens is 2. The summed E-state index contributed by atoms with van der Waals surface area (Å²) in [5.41, 5.74) is 1.48. The molecule has 2 nitrogen and oxygen atoms in total. The summed E-state index contributed by atoms with van der Waals surface area (Å²) in [6, 6.07) is 5.47. The number of hydrogen-bond donors (Lipinski definition) is 0. The Labute approximate surface area is 94.0 Å². The Morgan fingerprint density at radius 1 is 1.47 bits per heavy atom. The third-order valence-electron chi connectivity index (χ3n) is 2.22. The standard InChI is InChI=1S/C10H9BrF2N2/c1-6-14-8-3-2-7(11)4-9(8)15(6)5-10(12)13/h2-4,10H,5H2,1H3. The van der Waals surface area contributed by atoms with E-state index in [1.807, 2.05) is 12.1 Å². The van der Waals surface area contributed by atoms with Crippen LogP contribution in [0.1, 0.15) is 5.82 Å². The van der Waals surface area contributed by atoms with Gasteiger partial charge in [0.05, 0.1) is 17.6 Å². The van der Waals surface area contributed by atoms with Gasteiger partial charge >= 0.3 is 0 Å². The third-order valence-corrected chi connectivity index (χ3v) is 2.71. The molecule has 0 atom stereocenters. The molecular weight excluding hydrogens is 266 g/mol. The topological polar surface area (TPSA) is 17.8 Å². The van der Waals surface area contributed by atoms with Crippen molar-refractivity contribution < 1.29 is 8.78 Å². The van der Waals surface area contributed by atoms with E-state index in [0.29, 0.717) is 5.82 Å². The normalized spacial score (nSPS) is 11.5. The van der Waals surface area contributed by atoms with E-state index in [-0.39, 0.29) is 6.54 Å². The van der Waals surface area contributed by atoms with Crippen molar-refractivity contribution in [2.75, 3.05) is 0 Å². The van der Waals surface area contributed by atoms with Gasteiger partial charge < -0.3 is 4.57 Å². The number of aryl methyl sites for hydroxylation is 1. The van der Waals surface area contributed by atoms with Crippen molar-refractivity contribution in [3.05, 3.63) is 28.5 Å². The summed E-state index contributed by atoms with van der Waals surface area (Å²) in [6.45, 7) is 1.43. The second-order valence-corrected chi connectivity index (χ2v) is 4.21. The minimum Gasteiger partial charge on any atom is -0.322 e. The first-order chi connectivity index (χ1) is 7.08. The highest BCUT2D eigenvalue weighted by molar-refractivity contribution is 9.10. The fraction of sp³-hybridized carbons (Fsp3) is 0.300. The Morgan fingerprint density at radius 2 is 2.20 bits per heavy atom. The maximum atomic E-state index is 12.3. The summed E-state index contributed by atoms with van der Waals surface area (Å²) in [5, 5.41) is 0. The Kier molecular flexibility index (Phi) is 2.73. The molecular formula is C10H9BrF2N2. The first-order valence-corrected chi connectivity index (χ1v) is 5.28. The molecule has 0 saturated heterocycles. The van der Waals surface area contributed by atoms with Crippen molar-refractivity contribution in [1.82, 2.24) is 9.55 Å². The molecule has 0 saturated carbocycles. The second-order valence-electron chi connectivity index (χ2n) is 3.29. The van der Waals surface area contributed by atoms with Crippen molar-refractivity contribution in [2.24, 2.45) is 0 Å². The maximum absolute atomic E-state index is 12.3. The second kappa shape index (κ2) is 3.89. The van der Waals surface area contributed by atoms with E-state index < -0.39 is 6.43 Å². The number of hydrogen-bond acceptors (Lipinski definition) is 1. The average Bonchev–Trinajstić information content (AvgIpc) is 2.43. The van der Waals surface area contributed by atoms with Gasteiger partial charge in [0.15, 0.2) is 0 Å². The molecule has 1 aromatic heterocycles. The molecule has 0 aliphatic rings. The highest BCUT2D eigenvalue weighted by Gasteiger charge is 2.11. The molecule has 0 unspecified atom stereocenters. The number of nitrogens with zero attached hydrogens (tertiary/aromatic N) is 2. The monoisotopic (exact) mass is 274 g/mol. The van der Waals surface area contributed by atoms with Gasteiger partial charge in [-0.1, -0.05) is 15.9 Å². The summed E-state index contributed by atoms with van der Waals surface area (Å²) < 4.78 is 27.1. The van der Waals surface area contributed by atoms with Crippen LogP contribution in [-0.4, -0.2) is 16.0 Å². The van der Waals surface area contributed by atoms with Crippen molar-refractivity contribution in [3.63, 3.8) is 0 Å². The van der Waals surface area contributed by atoms with Crippen LogP contribution in [0.4, 0.5) is 8.78 Å². The molecule has 1 aromatic carbocycles. The molecule has 0 aliphatic heterocycles. The van der Waals surface area contributed by atoms with Gasteiger partial charge in [0.2, 0.25) is 0 Å². The van der Waals surface area contributed by atoms with Gasteiger partial charge in [-0.25, -0.2) is 13.8 Å². The highest BCUT2D eigenvalue weighted by Crippen LogP contribution is 2.21. The van der Waals surface area contributed by atoms with Gasteiger partial charge in [-0.05, 0) is 25.1 Å². The number of halogens is 3. The Hall–Kier alpha value is -0.970. The molecule has 2 rings (SSSR count). The average molecular weight is 275 g/mol. The molecule has 0 spiro atoms. The van der Waals surface area contributed by atoms with Crippen LogP contribution in [0.25, 0.3) is 11.0 Å². The van der Waals surface area contributed by atoms with Gasteiger partial charge in [-0.15, -0.1) is 0 Å². The first-order valence-electron chi connectivity index (χ1n) is 4.48. The molecule has 5 heteroatoms. The van der Waals surface area contributed by atoms with Gasteiger partial charge in [-0.2, -0.15) is 0 Å². The van der Waals surface area contributed by atoms with Crippen LogP contribution in [-0.2, 0) is 6.54 Å². The lowest BCUT2D eigenvalue weighted by atomic mass is 10.3. The third kappa shape index (κ3) is 2.02. The van der Waals surface area contributed by atoms with E-state index in [2.05, 4.69) is 20.9 Å². The number of benzene rings is 1. The van der Waals surface area contributed by atoms with Gasteiger partial charge in [0, 0.05) is 4.47 Å².